The molecule has 0 radical (unpaired) electrons. The summed E-state index contributed by atoms with van der Waals surface area (Å²) in [7, 11) is 0. The minimum atomic E-state index is 0.160. The highest BCUT2D eigenvalue weighted by molar-refractivity contribution is 7.80. The van der Waals surface area contributed by atoms with Crippen LogP contribution in [-0.4, -0.2) is 39.1 Å². The van der Waals surface area contributed by atoms with Crippen molar-refractivity contribution in [3.05, 3.63) is 65.4 Å². The minimum Gasteiger partial charge on any atom is -0.490 e. The summed E-state index contributed by atoms with van der Waals surface area (Å²) in [6.45, 7) is 1.62. The number of anilines is 3. The molecule has 3 aromatic rings. The van der Waals surface area contributed by atoms with E-state index in [1.54, 1.807) is 0 Å². The lowest BCUT2D eigenvalue weighted by molar-refractivity contribution is 0.170. The highest BCUT2D eigenvalue weighted by atomic mass is 35.5. The number of hydrogen-bond acceptors (Lipinski definition) is 7. The topological polar surface area (TPSA) is 89.2 Å². The Hall–Kier alpha value is -2.97. The van der Waals surface area contributed by atoms with Crippen LogP contribution < -0.4 is 20.7 Å². The number of hydrogen-bond donors (Lipinski definition) is 2. The first kappa shape index (κ1) is 21.3. The number of thiocarbonyl (C=S) groups is 1. The quantitative estimate of drug-likeness (QED) is 0.515. The fourth-order valence-corrected chi connectivity index (χ4v) is 3.76. The predicted octanol–water partition coefficient (Wildman–Crippen LogP) is 4.15. The molecule has 0 amide bonds. The lowest BCUT2D eigenvalue weighted by Crippen LogP contribution is -2.39. The number of halogens is 1. The lowest BCUT2D eigenvalue weighted by Gasteiger charge is -2.32. The second kappa shape index (κ2) is 9.89. The molecule has 0 unspecified atom stereocenters. The van der Waals surface area contributed by atoms with Crippen LogP contribution in [0.3, 0.4) is 0 Å². The van der Waals surface area contributed by atoms with Gasteiger partial charge >= 0.3 is 0 Å². The van der Waals surface area contributed by atoms with E-state index in [0.717, 1.165) is 42.9 Å². The molecule has 0 atom stereocenters. The summed E-state index contributed by atoms with van der Waals surface area (Å²) in [6.07, 6.45) is 4.02. The largest absolute Gasteiger partial charge is 0.490 e. The Morgan fingerprint density at radius 3 is 2.68 bits per heavy atom. The Labute approximate surface area is 191 Å². The first-order chi connectivity index (χ1) is 15.0. The Balaban J connectivity index is 1.35. The van der Waals surface area contributed by atoms with Gasteiger partial charge in [0, 0.05) is 43.1 Å². The van der Waals surface area contributed by atoms with Gasteiger partial charge in [0.25, 0.3) is 0 Å². The second-order valence-electron chi connectivity index (χ2n) is 7.34. The molecule has 160 valence electrons. The Kier molecular flexibility index (Phi) is 6.79. The number of piperidine rings is 1. The summed E-state index contributed by atoms with van der Waals surface area (Å²) < 4.78 is 6.07. The van der Waals surface area contributed by atoms with Gasteiger partial charge in [-0.3, -0.25) is 0 Å². The molecule has 2 aromatic carbocycles. The van der Waals surface area contributed by atoms with Crippen LogP contribution in [0.4, 0.5) is 17.6 Å². The van der Waals surface area contributed by atoms with Gasteiger partial charge in [-0.1, -0.05) is 36.0 Å². The van der Waals surface area contributed by atoms with Crippen molar-refractivity contribution in [1.29, 1.82) is 0 Å². The van der Waals surface area contributed by atoms with Crippen LogP contribution in [0, 0.1) is 0 Å². The fourth-order valence-electron chi connectivity index (χ4n) is 3.47. The van der Waals surface area contributed by atoms with Gasteiger partial charge in [0.1, 0.15) is 18.2 Å². The molecule has 0 saturated carbocycles. The number of aromatic nitrogens is 3. The molecule has 31 heavy (non-hydrogen) atoms. The normalized spacial score (nSPS) is 14.3. The van der Waals surface area contributed by atoms with Crippen LogP contribution in [0.2, 0.25) is 5.02 Å². The molecule has 0 spiro atoms. The van der Waals surface area contributed by atoms with Gasteiger partial charge in [0.05, 0.1) is 4.99 Å². The van der Waals surface area contributed by atoms with Gasteiger partial charge < -0.3 is 20.7 Å². The van der Waals surface area contributed by atoms with Crippen molar-refractivity contribution in [2.75, 3.05) is 23.3 Å². The molecule has 1 aromatic heterocycles. The molecule has 1 aliphatic heterocycles. The number of nitrogens with two attached hydrogens (primary N) is 1. The van der Waals surface area contributed by atoms with Gasteiger partial charge in [-0.15, -0.1) is 0 Å². The molecule has 2 heterocycles. The molecule has 0 bridgehead atoms. The molecule has 9 heteroatoms. The van der Waals surface area contributed by atoms with Crippen LogP contribution in [0.5, 0.6) is 5.75 Å². The number of nitrogens with zero attached hydrogens (tertiary/aromatic N) is 4. The van der Waals surface area contributed by atoms with Crippen LogP contribution in [0.1, 0.15) is 18.4 Å². The average molecular weight is 455 g/mol. The molecule has 1 aliphatic rings. The number of rotatable bonds is 7. The summed E-state index contributed by atoms with van der Waals surface area (Å²) in [5.41, 5.74) is 7.56. The first-order valence-electron chi connectivity index (χ1n) is 10.1. The highest BCUT2D eigenvalue weighted by Gasteiger charge is 2.22. The van der Waals surface area contributed by atoms with Crippen molar-refractivity contribution in [3.63, 3.8) is 0 Å². The van der Waals surface area contributed by atoms with E-state index in [1.807, 2.05) is 48.5 Å². The summed E-state index contributed by atoms with van der Waals surface area (Å²) in [4.78, 5) is 15.8. The van der Waals surface area contributed by atoms with Crippen molar-refractivity contribution >= 4 is 46.4 Å². The average Bonchev–Trinajstić information content (AvgIpc) is 2.76. The van der Waals surface area contributed by atoms with Crippen LogP contribution in [-0.2, 0) is 6.42 Å². The maximum Gasteiger partial charge on any atom is 0.231 e. The zero-order valence-electron chi connectivity index (χ0n) is 16.9. The van der Waals surface area contributed by atoms with E-state index < -0.39 is 0 Å². The standard InChI is InChI=1S/C22H23ClN6OS/c23-16-4-6-18(7-5-16)30-19-8-10-29(11-9-19)22-26-14-25-21(28-22)27-17-3-1-2-15(12-17)13-20(24)31/h1-7,12,14,19H,8-11,13H2,(H2,24,31)(H,25,26,27,28). The molecule has 4 rings (SSSR count). The molecule has 3 N–H and O–H groups in total. The summed E-state index contributed by atoms with van der Waals surface area (Å²) in [5, 5.41) is 3.94. The van der Waals surface area contributed by atoms with Gasteiger partial charge in [-0.05, 0) is 42.0 Å². The first-order valence-corrected chi connectivity index (χ1v) is 10.8. The van der Waals surface area contributed by atoms with Gasteiger partial charge in [-0.2, -0.15) is 4.98 Å². The third kappa shape index (κ3) is 6.02. The fraction of sp³-hybridized carbons (Fsp3) is 0.273. The van der Waals surface area contributed by atoms with E-state index in [2.05, 4.69) is 25.2 Å². The van der Waals surface area contributed by atoms with Crippen molar-refractivity contribution in [3.8, 4) is 5.75 Å². The Bertz CT molecular complexity index is 1040. The number of nitrogens with one attached hydrogen (secondary N) is 1. The molecular weight excluding hydrogens is 432 g/mol. The van der Waals surface area contributed by atoms with E-state index >= 15 is 0 Å². The maximum atomic E-state index is 6.07. The van der Waals surface area contributed by atoms with Crippen molar-refractivity contribution in [2.24, 2.45) is 5.73 Å². The third-order valence-electron chi connectivity index (χ3n) is 4.96. The minimum absolute atomic E-state index is 0.160. The zero-order valence-corrected chi connectivity index (χ0v) is 18.4. The molecule has 1 saturated heterocycles. The van der Waals surface area contributed by atoms with Gasteiger partial charge in [0.15, 0.2) is 0 Å². The van der Waals surface area contributed by atoms with Crippen LogP contribution in [0.15, 0.2) is 54.9 Å². The van der Waals surface area contributed by atoms with Crippen molar-refractivity contribution < 1.29 is 4.74 Å². The van der Waals surface area contributed by atoms with Gasteiger partial charge in [-0.25, -0.2) is 9.97 Å². The van der Waals surface area contributed by atoms with Gasteiger partial charge in [0.2, 0.25) is 11.9 Å². The predicted molar refractivity (Wildman–Crippen MR) is 127 cm³/mol. The summed E-state index contributed by atoms with van der Waals surface area (Å²) in [6, 6.07) is 15.3. The van der Waals surface area contributed by atoms with E-state index in [0.29, 0.717) is 28.3 Å². The zero-order chi connectivity index (χ0) is 21.6. The van der Waals surface area contributed by atoms with E-state index in [1.165, 1.54) is 6.33 Å². The Morgan fingerprint density at radius 1 is 1.16 bits per heavy atom. The van der Waals surface area contributed by atoms with Crippen molar-refractivity contribution in [1.82, 2.24) is 15.0 Å². The number of benzene rings is 2. The maximum absolute atomic E-state index is 6.07. The smallest absolute Gasteiger partial charge is 0.231 e. The second-order valence-corrected chi connectivity index (χ2v) is 8.30. The summed E-state index contributed by atoms with van der Waals surface area (Å²) >= 11 is 10.9. The molecule has 7 nitrogen and oxygen atoms in total. The molecule has 0 aliphatic carbocycles. The molecular formula is C22H23ClN6OS. The Morgan fingerprint density at radius 2 is 1.94 bits per heavy atom. The van der Waals surface area contributed by atoms with Crippen molar-refractivity contribution in [2.45, 2.75) is 25.4 Å². The van der Waals surface area contributed by atoms with E-state index in [9.17, 15) is 0 Å². The lowest BCUT2D eigenvalue weighted by atomic mass is 10.1. The van der Waals surface area contributed by atoms with Crippen LogP contribution in [0.25, 0.3) is 0 Å². The summed E-state index contributed by atoms with van der Waals surface area (Å²) in [5.74, 6) is 1.99. The van der Waals surface area contributed by atoms with E-state index in [-0.39, 0.29) is 6.10 Å². The van der Waals surface area contributed by atoms with Crippen LogP contribution >= 0.6 is 23.8 Å². The highest BCUT2D eigenvalue weighted by Crippen LogP contribution is 2.23. The third-order valence-corrected chi connectivity index (χ3v) is 5.36. The van der Waals surface area contributed by atoms with E-state index in [4.69, 9.17) is 34.3 Å². The number of ether oxygens (including phenoxy) is 1. The molecule has 1 fully saturated rings. The monoisotopic (exact) mass is 454 g/mol. The SMILES string of the molecule is NC(=S)Cc1cccc(Nc2ncnc(N3CCC(Oc4ccc(Cl)cc4)CC3)n2)c1.